The fraction of sp³-hybridized carbons (Fsp3) is 0.471. The average Bonchev–Trinajstić information content (AvgIpc) is 2.87. The summed E-state index contributed by atoms with van der Waals surface area (Å²) in [4.78, 5) is 12.8. The van der Waals surface area contributed by atoms with Crippen molar-refractivity contribution in [1.29, 1.82) is 0 Å². The van der Waals surface area contributed by atoms with E-state index >= 15 is 0 Å². The molecule has 0 spiro atoms. The molecule has 0 aliphatic carbocycles. The zero-order valence-corrected chi connectivity index (χ0v) is 12.2. The van der Waals surface area contributed by atoms with Crippen LogP contribution in [0.4, 0.5) is 0 Å². The molecular weight excluding hydrogens is 264 g/mol. The lowest BCUT2D eigenvalue weighted by Gasteiger charge is -2.39. The summed E-state index contributed by atoms with van der Waals surface area (Å²) in [7, 11) is 2.03. The van der Waals surface area contributed by atoms with Crippen molar-refractivity contribution in [3.05, 3.63) is 36.0 Å². The number of fused-ring (bicyclic) bond motifs is 3. The smallest absolute Gasteiger partial charge is 0.166 e. The van der Waals surface area contributed by atoms with Gasteiger partial charge >= 0.3 is 0 Å². The summed E-state index contributed by atoms with van der Waals surface area (Å²) in [6.07, 6.45) is 3.81. The van der Waals surface area contributed by atoms with E-state index in [1.807, 2.05) is 31.4 Å². The van der Waals surface area contributed by atoms with Gasteiger partial charge in [0.05, 0.1) is 13.2 Å². The Kier molecular flexibility index (Phi) is 3.08. The third-order valence-corrected chi connectivity index (χ3v) is 4.79. The molecule has 0 amide bonds. The molecule has 0 saturated carbocycles. The van der Waals surface area contributed by atoms with Crippen LogP contribution in [0.5, 0.6) is 0 Å². The van der Waals surface area contributed by atoms with Crippen LogP contribution in [0.3, 0.4) is 0 Å². The van der Waals surface area contributed by atoms with Gasteiger partial charge < -0.3 is 14.6 Å². The first-order chi connectivity index (χ1) is 10.2. The van der Waals surface area contributed by atoms with Gasteiger partial charge in [-0.25, -0.2) is 0 Å². The molecule has 2 fully saturated rings. The summed E-state index contributed by atoms with van der Waals surface area (Å²) < 4.78 is 7.63. The van der Waals surface area contributed by atoms with Gasteiger partial charge in [0.2, 0.25) is 0 Å². The van der Waals surface area contributed by atoms with Crippen molar-refractivity contribution in [3.63, 3.8) is 0 Å². The van der Waals surface area contributed by atoms with Crippen molar-refractivity contribution in [2.24, 2.45) is 13.0 Å². The standard InChI is InChI=1S/C17H20N2O2/c1-19-5-4-11-6-12(2-3-16(11)19)17(20)13-7-14-9-21-10-15(8-13)18-14/h2-6,13-15,18H,7-10H2,1H3. The van der Waals surface area contributed by atoms with E-state index in [0.29, 0.717) is 17.9 Å². The summed E-state index contributed by atoms with van der Waals surface area (Å²) in [6.45, 7) is 1.47. The van der Waals surface area contributed by atoms with Gasteiger partial charge in [0.1, 0.15) is 0 Å². The number of benzene rings is 1. The van der Waals surface area contributed by atoms with Gasteiger partial charge in [0.25, 0.3) is 0 Å². The maximum absolute atomic E-state index is 12.8. The summed E-state index contributed by atoms with van der Waals surface area (Å²) in [5.74, 6) is 0.422. The first-order valence-electron chi connectivity index (χ1n) is 7.64. The van der Waals surface area contributed by atoms with E-state index in [1.54, 1.807) is 0 Å². The highest BCUT2D eigenvalue weighted by Crippen LogP contribution is 2.28. The van der Waals surface area contributed by atoms with Crippen LogP contribution >= 0.6 is 0 Å². The molecule has 1 N–H and O–H groups in total. The van der Waals surface area contributed by atoms with Crippen LogP contribution in [0, 0.1) is 5.92 Å². The van der Waals surface area contributed by atoms with E-state index < -0.39 is 0 Å². The summed E-state index contributed by atoms with van der Waals surface area (Å²) in [6, 6.07) is 8.80. The van der Waals surface area contributed by atoms with Gasteiger partial charge in [-0.15, -0.1) is 0 Å². The lowest BCUT2D eigenvalue weighted by molar-refractivity contribution is 0.00953. The van der Waals surface area contributed by atoms with E-state index in [1.165, 1.54) is 5.52 Å². The summed E-state index contributed by atoms with van der Waals surface area (Å²) in [5, 5.41) is 4.68. The molecule has 2 saturated heterocycles. The number of hydrogen-bond acceptors (Lipinski definition) is 3. The Labute approximate surface area is 124 Å². The molecule has 2 aromatic rings. The number of morpholine rings is 1. The Morgan fingerprint density at radius 3 is 2.76 bits per heavy atom. The number of rotatable bonds is 2. The number of nitrogens with zero attached hydrogens (tertiary/aromatic N) is 1. The zero-order valence-electron chi connectivity index (χ0n) is 12.2. The number of carbonyl (C=O) groups excluding carboxylic acids is 1. The largest absolute Gasteiger partial charge is 0.378 e. The average molecular weight is 284 g/mol. The molecule has 3 heterocycles. The second-order valence-corrected chi connectivity index (χ2v) is 6.33. The molecule has 21 heavy (non-hydrogen) atoms. The number of carbonyl (C=O) groups is 1. The molecule has 0 radical (unpaired) electrons. The van der Waals surface area contributed by atoms with Crippen LogP contribution in [0.15, 0.2) is 30.5 Å². The Balaban J connectivity index is 1.60. The molecule has 2 bridgehead atoms. The molecular formula is C17H20N2O2. The number of ether oxygens (including phenoxy) is 1. The Hall–Kier alpha value is -1.65. The number of piperidine rings is 1. The molecule has 2 unspecified atom stereocenters. The quantitative estimate of drug-likeness (QED) is 0.859. The van der Waals surface area contributed by atoms with E-state index in [9.17, 15) is 4.79 Å². The van der Waals surface area contributed by atoms with Crippen LogP contribution in [0.25, 0.3) is 10.9 Å². The predicted molar refractivity (Wildman–Crippen MR) is 81.5 cm³/mol. The van der Waals surface area contributed by atoms with Crippen LogP contribution in [0.2, 0.25) is 0 Å². The van der Waals surface area contributed by atoms with Crippen LogP contribution < -0.4 is 5.32 Å². The van der Waals surface area contributed by atoms with Crippen molar-refractivity contribution < 1.29 is 9.53 Å². The first-order valence-corrected chi connectivity index (χ1v) is 7.64. The lowest BCUT2D eigenvalue weighted by Crippen LogP contribution is -2.55. The number of ketones is 1. The minimum absolute atomic E-state index is 0.131. The highest BCUT2D eigenvalue weighted by molar-refractivity contribution is 6.01. The number of aryl methyl sites for hydroxylation is 1. The van der Waals surface area contributed by atoms with Crippen molar-refractivity contribution in [2.75, 3.05) is 13.2 Å². The van der Waals surface area contributed by atoms with E-state index in [4.69, 9.17) is 4.74 Å². The molecule has 1 aromatic carbocycles. The van der Waals surface area contributed by atoms with Crippen molar-refractivity contribution in [3.8, 4) is 0 Å². The molecule has 2 atom stereocenters. The minimum atomic E-state index is 0.131. The molecule has 110 valence electrons. The normalized spacial score (nSPS) is 28.7. The van der Waals surface area contributed by atoms with E-state index in [0.717, 1.165) is 37.0 Å². The molecule has 4 heteroatoms. The SMILES string of the molecule is Cn1ccc2cc(C(=O)C3CC4COCC(C3)N4)ccc21. The van der Waals surface area contributed by atoms with Gasteiger partial charge in [0, 0.05) is 47.7 Å². The van der Waals surface area contributed by atoms with Gasteiger partial charge in [0.15, 0.2) is 5.78 Å². The van der Waals surface area contributed by atoms with Crippen LogP contribution in [0.1, 0.15) is 23.2 Å². The summed E-state index contributed by atoms with van der Waals surface area (Å²) >= 11 is 0. The fourth-order valence-corrected chi connectivity index (χ4v) is 3.72. The van der Waals surface area contributed by atoms with Gasteiger partial charge in [-0.1, -0.05) is 0 Å². The van der Waals surface area contributed by atoms with Crippen molar-refractivity contribution >= 4 is 16.7 Å². The number of nitrogens with one attached hydrogen (secondary N) is 1. The highest BCUT2D eigenvalue weighted by atomic mass is 16.5. The van der Waals surface area contributed by atoms with Gasteiger partial charge in [-0.3, -0.25) is 4.79 Å². The number of aromatic nitrogens is 1. The molecule has 2 aliphatic rings. The molecule has 4 nitrogen and oxygen atoms in total. The maximum Gasteiger partial charge on any atom is 0.166 e. The van der Waals surface area contributed by atoms with Gasteiger partial charge in [-0.05, 0) is 37.1 Å². The number of Topliss-reactive ketones (excluding diaryl/α,β-unsaturated/α-hetero) is 1. The third kappa shape index (κ3) is 2.28. The predicted octanol–water partition coefficient (Wildman–Crippen LogP) is 2.13. The first kappa shape index (κ1) is 13.0. The Bertz CT molecular complexity index is 679. The molecule has 1 aromatic heterocycles. The highest BCUT2D eigenvalue weighted by Gasteiger charge is 2.35. The van der Waals surface area contributed by atoms with E-state index in [-0.39, 0.29) is 5.92 Å². The minimum Gasteiger partial charge on any atom is -0.378 e. The maximum atomic E-state index is 12.8. The fourth-order valence-electron chi connectivity index (χ4n) is 3.72. The second kappa shape index (κ2) is 4.97. The second-order valence-electron chi connectivity index (χ2n) is 6.33. The van der Waals surface area contributed by atoms with Crippen LogP contribution in [-0.4, -0.2) is 35.6 Å². The zero-order chi connectivity index (χ0) is 14.4. The molecule has 4 rings (SSSR count). The topological polar surface area (TPSA) is 43.3 Å². The Morgan fingerprint density at radius 2 is 2.00 bits per heavy atom. The lowest BCUT2D eigenvalue weighted by atomic mass is 9.82. The van der Waals surface area contributed by atoms with E-state index in [2.05, 4.69) is 16.0 Å². The van der Waals surface area contributed by atoms with Crippen molar-refractivity contribution in [2.45, 2.75) is 24.9 Å². The van der Waals surface area contributed by atoms with Crippen molar-refractivity contribution in [1.82, 2.24) is 9.88 Å². The van der Waals surface area contributed by atoms with Crippen LogP contribution in [-0.2, 0) is 11.8 Å². The summed E-state index contributed by atoms with van der Waals surface area (Å²) in [5.41, 5.74) is 2.02. The number of hydrogen-bond donors (Lipinski definition) is 1. The van der Waals surface area contributed by atoms with Gasteiger partial charge in [-0.2, -0.15) is 0 Å². The Morgan fingerprint density at radius 1 is 1.24 bits per heavy atom. The third-order valence-electron chi connectivity index (χ3n) is 4.79. The molecule has 2 aliphatic heterocycles. The monoisotopic (exact) mass is 284 g/mol.